The average Bonchev–Trinajstić information content (AvgIpc) is 2.58. The van der Waals surface area contributed by atoms with E-state index in [-0.39, 0.29) is 24.0 Å². The fraction of sp³-hybridized carbons (Fsp3) is 0.350. The zero-order valence-corrected chi connectivity index (χ0v) is 16.0. The van der Waals surface area contributed by atoms with Crippen molar-refractivity contribution in [2.24, 2.45) is 0 Å². The van der Waals surface area contributed by atoms with Crippen LogP contribution in [0.15, 0.2) is 48.5 Å². The molecule has 0 heterocycles. The Kier molecular flexibility index (Phi) is 7.21. The van der Waals surface area contributed by atoms with Crippen LogP contribution < -0.4 is 10.1 Å². The van der Waals surface area contributed by atoms with Gasteiger partial charge in [-0.1, -0.05) is 48.0 Å². The summed E-state index contributed by atoms with van der Waals surface area (Å²) in [5, 5.41) is 2.69. The van der Waals surface area contributed by atoms with E-state index in [4.69, 9.17) is 4.74 Å². The molecule has 0 aliphatic rings. The van der Waals surface area contributed by atoms with Crippen LogP contribution in [0.25, 0.3) is 0 Å². The molecule has 0 spiro atoms. The Bertz CT molecular complexity index is 832. The number of carbonyl (C=O) groups is 1. The summed E-state index contributed by atoms with van der Waals surface area (Å²) in [7, 11) is -3.18. The highest BCUT2D eigenvalue weighted by atomic mass is 32.2. The van der Waals surface area contributed by atoms with Crippen molar-refractivity contribution in [1.29, 1.82) is 0 Å². The first-order chi connectivity index (χ1) is 12.4. The average molecular weight is 375 g/mol. The van der Waals surface area contributed by atoms with E-state index in [9.17, 15) is 13.2 Å². The summed E-state index contributed by atoms with van der Waals surface area (Å²) in [5.41, 5.74) is 2.89. The third-order valence-electron chi connectivity index (χ3n) is 3.87. The maximum absolute atomic E-state index is 12.1. The lowest BCUT2D eigenvalue weighted by Gasteiger charge is -2.10. The molecule has 0 atom stereocenters. The summed E-state index contributed by atoms with van der Waals surface area (Å²) in [5.74, 6) is 0.485. The maximum atomic E-state index is 12.1. The monoisotopic (exact) mass is 375 g/mol. The van der Waals surface area contributed by atoms with E-state index in [2.05, 4.69) is 5.32 Å². The fourth-order valence-electron chi connectivity index (χ4n) is 2.58. The lowest BCUT2D eigenvalue weighted by atomic mass is 10.1. The van der Waals surface area contributed by atoms with Crippen LogP contribution in [0.1, 0.15) is 23.1 Å². The Morgan fingerprint density at radius 3 is 2.50 bits per heavy atom. The van der Waals surface area contributed by atoms with E-state index < -0.39 is 9.84 Å². The Morgan fingerprint density at radius 1 is 1.08 bits per heavy atom. The Morgan fingerprint density at radius 2 is 1.81 bits per heavy atom. The number of sulfone groups is 1. The van der Waals surface area contributed by atoms with Gasteiger partial charge in [0.2, 0.25) is 0 Å². The van der Waals surface area contributed by atoms with E-state index in [0.29, 0.717) is 18.7 Å². The molecule has 26 heavy (non-hydrogen) atoms. The lowest BCUT2D eigenvalue weighted by Crippen LogP contribution is -2.30. The number of hydrogen-bond donors (Lipinski definition) is 1. The Hall–Kier alpha value is -2.34. The summed E-state index contributed by atoms with van der Waals surface area (Å²) in [6.45, 7) is 4.15. The van der Waals surface area contributed by atoms with E-state index in [1.165, 1.54) is 0 Å². The summed E-state index contributed by atoms with van der Waals surface area (Å²) in [6, 6.07) is 14.8. The smallest absolute Gasteiger partial charge is 0.257 e. The van der Waals surface area contributed by atoms with Gasteiger partial charge in [-0.05, 0) is 37.5 Å². The van der Waals surface area contributed by atoms with Gasteiger partial charge in [0, 0.05) is 6.54 Å². The van der Waals surface area contributed by atoms with E-state index in [1.807, 2.05) is 50.2 Å². The molecule has 0 aliphatic heterocycles. The van der Waals surface area contributed by atoms with Crippen LogP contribution in [0.2, 0.25) is 0 Å². The number of carbonyl (C=O) groups excluding carboxylic acids is 1. The quantitative estimate of drug-likeness (QED) is 0.684. The van der Waals surface area contributed by atoms with E-state index in [1.54, 1.807) is 12.1 Å². The third kappa shape index (κ3) is 6.88. The largest absolute Gasteiger partial charge is 0.484 e. The number of aryl methyl sites for hydroxylation is 2. The highest BCUT2D eigenvalue weighted by molar-refractivity contribution is 7.90. The van der Waals surface area contributed by atoms with Crippen molar-refractivity contribution in [2.75, 3.05) is 18.9 Å². The minimum absolute atomic E-state index is 0.0254. The Balaban J connectivity index is 1.68. The first-order valence-corrected chi connectivity index (χ1v) is 10.4. The predicted octanol–water partition coefficient (Wildman–Crippen LogP) is 2.80. The predicted molar refractivity (Wildman–Crippen MR) is 103 cm³/mol. The first-order valence-electron chi connectivity index (χ1n) is 8.57. The van der Waals surface area contributed by atoms with Crippen LogP contribution in [0.3, 0.4) is 0 Å². The number of ether oxygens (including phenoxy) is 1. The molecule has 0 aromatic heterocycles. The van der Waals surface area contributed by atoms with Crippen molar-refractivity contribution in [3.05, 3.63) is 65.2 Å². The van der Waals surface area contributed by atoms with Crippen LogP contribution in [-0.2, 0) is 20.4 Å². The van der Waals surface area contributed by atoms with Crippen LogP contribution in [0.4, 0.5) is 0 Å². The van der Waals surface area contributed by atoms with Gasteiger partial charge in [0.05, 0.1) is 11.5 Å². The molecule has 2 aromatic rings. The van der Waals surface area contributed by atoms with Gasteiger partial charge in [0.15, 0.2) is 16.4 Å². The zero-order valence-electron chi connectivity index (χ0n) is 15.2. The third-order valence-corrected chi connectivity index (χ3v) is 5.56. The van der Waals surface area contributed by atoms with Crippen molar-refractivity contribution >= 4 is 15.7 Å². The van der Waals surface area contributed by atoms with Gasteiger partial charge in [0.1, 0.15) is 5.75 Å². The second-order valence-electron chi connectivity index (χ2n) is 6.34. The lowest BCUT2D eigenvalue weighted by molar-refractivity contribution is -0.123. The standard InChI is InChI=1S/C20H25NO4S/c1-16-9-10-19(17(2)13-16)25-14-20(22)21-11-6-12-26(23,24)15-18-7-4-3-5-8-18/h3-5,7-10,13H,6,11-12,14-15H2,1-2H3,(H,21,22). The minimum atomic E-state index is -3.18. The van der Waals surface area contributed by atoms with Gasteiger partial charge in [0.25, 0.3) is 5.91 Å². The topological polar surface area (TPSA) is 72.5 Å². The molecule has 0 saturated heterocycles. The van der Waals surface area contributed by atoms with Gasteiger partial charge in [-0.3, -0.25) is 4.79 Å². The number of amides is 1. The zero-order chi connectivity index (χ0) is 19.0. The van der Waals surface area contributed by atoms with Crippen molar-refractivity contribution in [3.8, 4) is 5.75 Å². The highest BCUT2D eigenvalue weighted by Gasteiger charge is 2.12. The normalized spacial score (nSPS) is 11.2. The molecule has 1 N–H and O–H groups in total. The SMILES string of the molecule is Cc1ccc(OCC(=O)NCCCS(=O)(=O)Cc2ccccc2)c(C)c1. The minimum Gasteiger partial charge on any atom is -0.484 e. The van der Waals surface area contributed by atoms with Gasteiger partial charge in [-0.2, -0.15) is 0 Å². The molecular weight excluding hydrogens is 350 g/mol. The van der Waals surface area contributed by atoms with Gasteiger partial charge in [-0.15, -0.1) is 0 Å². The molecule has 0 radical (unpaired) electrons. The van der Waals surface area contributed by atoms with E-state index in [0.717, 1.165) is 16.7 Å². The summed E-state index contributed by atoms with van der Waals surface area (Å²) in [6.07, 6.45) is 0.379. The van der Waals surface area contributed by atoms with Crippen molar-refractivity contribution in [1.82, 2.24) is 5.32 Å². The maximum Gasteiger partial charge on any atom is 0.257 e. The molecular formula is C20H25NO4S. The molecule has 0 unspecified atom stereocenters. The number of benzene rings is 2. The first kappa shape index (κ1) is 20.0. The summed E-state index contributed by atoms with van der Waals surface area (Å²) in [4.78, 5) is 11.8. The molecule has 1 amide bonds. The fourth-order valence-corrected chi connectivity index (χ4v) is 4.00. The molecule has 6 heteroatoms. The molecule has 0 saturated carbocycles. The van der Waals surface area contributed by atoms with Crippen LogP contribution in [0, 0.1) is 13.8 Å². The number of nitrogens with one attached hydrogen (secondary N) is 1. The highest BCUT2D eigenvalue weighted by Crippen LogP contribution is 2.18. The molecule has 140 valence electrons. The second kappa shape index (κ2) is 9.38. The van der Waals surface area contributed by atoms with Crippen LogP contribution in [-0.4, -0.2) is 33.2 Å². The second-order valence-corrected chi connectivity index (χ2v) is 8.52. The summed E-state index contributed by atoms with van der Waals surface area (Å²) < 4.78 is 29.7. The van der Waals surface area contributed by atoms with Crippen molar-refractivity contribution in [2.45, 2.75) is 26.0 Å². The van der Waals surface area contributed by atoms with Gasteiger partial charge >= 0.3 is 0 Å². The molecule has 0 aliphatic carbocycles. The Labute approximate surface area is 155 Å². The van der Waals surface area contributed by atoms with Gasteiger partial charge < -0.3 is 10.1 Å². The molecule has 2 rings (SSSR count). The van der Waals surface area contributed by atoms with Crippen LogP contribution in [0.5, 0.6) is 5.75 Å². The molecule has 0 bridgehead atoms. The van der Waals surface area contributed by atoms with Crippen molar-refractivity contribution < 1.29 is 17.9 Å². The van der Waals surface area contributed by atoms with Crippen LogP contribution >= 0.6 is 0 Å². The molecule has 5 nitrogen and oxygen atoms in total. The van der Waals surface area contributed by atoms with E-state index >= 15 is 0 Å². The number of hydrogen-bond acceptors (Lipinski definition) is 4. The molecule has 2 aromatic carbocycles. The summed E-state index contributed by atoms with van der Waals surface area (Å²) >= 11 is 0. The van der Waals surface area contributed by atoms with Gasteiger partial charge in [-0.25, -0.2) is 8.42 Å². The van der Waals surface area contributed by atoms with Crippen molar-refractivity contribution in [3.63, 3.8) is 0 Å². The number of rotatable bonds is 9. The molecule has 0 fully saturated rings.